The number of benzene rings is 1. The zero-order valence-electron chi connectivity index (χ0n) is 8.49. The summed E-state index contributed by atoms with van der Waals surface area (Å²) in [5.74, 6) is 5.29. The van der Waals surface area contributed by atoms with Gasteiger partial charge in [-0.25, -0.2) is 0 Å². The van der Waals surface area contributed by atoms with Crippen LogP contribution in [0.5, 0.6) is 5.75 Å². The summed E-state index contributed by atoms with van der Waals surface area (Å²) in [7, 11) is 1.61. The lowest BCUT2D eigenvalue weighted by Crippen LogP contribution is -1.90. The average Bonchev–Trinajstić information content (AvgIpc) is 2.25. The molecule has 0 saturated carbocycles. The molecule has 0 aliphatic heterocycles. The van der Waals surface area contributed by atoms with Crippen molar-refractivity contribution in [2.24, 2.45) is 0 Å². The molecule has 0 unspecified atom stereocenters. The maximum Gasteiger partial charge on any atom is 0.315 e. The second kappa shape index (κ2) is 5.71. The molecule has 0 aliphatic rings. The highest BCUT2D eigenvalue weighted by molar-refractivity contribution is 5.69. The molecular formula is C12H12O3. The Bertz CT molecular complexity index is 382. The molecule has 0 radical (unpaired) electrons. The van der Waals surface area contributed by atoms with Crippen LogP contribution < -0.4 is 4.74 Å². The Balaban J connectivity index is 2.49. The molecular weight excluding hydrogens is 192 g/mol. The highest BCUT2D eigenvalue weighted by atomic mass is 16.5. The van der Waals surface area contributed by atoms with Gasteiger partial charge < -0.3 is 9.84 Å². The maximum atomic E-state index is 10.2. The summed E-state index contributed by atoms with van der Waals surface area (Å²) in [5.41, 5.74) is 1.05. The Labute approximate surface area is 88.7 Å². The van der Waals surface area contributed by atoms with E-state index in [0.717, 1.165) is 11.3 Å². The van der Waals surface area contributed by atoms with E-state index in [4.69, 9.17) is 9.84 Å². The van der Waals surface area contributed by atoms with Gasteiger partial charge in [0.05, 0.1) is 7.11 Å². The normalized spacial score (nSPS) is 8.87. The lowest BCUT2D eigenvalue weighted by atomic mass is 10.1. The van der Waals surface area contributed by atoms with E-state index in [1.54, 1.807) is 7.11 Å². The van der Waals surface area contributed by atoms with Crippen LogP contribution in [0.3, 0.4) is 0 Å². The number of carboxylic acid groups (broad SMARTS) is 1. The Hall–Kier alpha value is -1.95. The van der Waals surface area contributed by atoms with Crippen molar-refractivity contribution in [2.45, 2.75) is 12.8 Å². The second-order valence-corrected chi connectivity index (χ2v) is 2.95. The summed E-state index contributed by atoms with van der Waals surface area (Å²) < 4.78 is 5.01. The zero-order chi connectivity index (χ0) is 11.1. The predicted octanol–water partition coefficient (Wildman–Crippen LogP) is 1.72. The fourth-order valence-corrected chi connectivity index (χ4v) is 1.05. The van der Waals surface area contributed by atoms with Crippen LogP contribution in [-0.4, -0.2) is 18.2 Å². The summed E-state index contributed by atoms with van der Waals surface area (Å²) in [6.45, 7) is 0. The van der Waals surface area contributed by atoms with E-state index in [1.807, 2.05) is 24.3 Å². The molecule has 1 aromatic carbocycles. The summed E-state index contributed by atoms with van der Waals surface area (Å²) in [6, 6.07) is 7.53. The Kier molecular flexibility index (Phi) is 4.24. The standard InChI is InChI=1S/C12H12O3/c1-15-11-8-6-10(7-9-11)4-2-3-5-12(13)14/h6-9H,4-5H2,1H3,(H,13,14). The minimum absolute atomic E-state index is 0.101. The fraction of sp³-hybridized carbons (Fsp3) is 0.250. The van der Waals surface area contributed by atoms with E-state index in [2.05, 4.69) is 11.8 Å². The molecule has 1 rings (SSSR count). The van der Waals surface area contributed by atoms with Crippen molar-refractivity contribution in [3.05, 3.63) is 29.8 Å². The molecule has 0 fully saturated rings. The predicted molar refractivity (Wildman–Crippen MR) is 56.7 cm³/mol. The molecule has 3 nitrogen and oxygen atoms in total. The fourth-order valence-electron chi connectivity index (χ4n) is 1.05. The average molecular weight is 204 g/mol. The van der Waals surface area contributed by atoms with Gasteiger partial charge in [-0.15, -0.1) is 0 Å². The van der Waals surface area contributed by atoms with Crippen molar-refractivity contribution >= 4 is 5.97 Å². The number of rotatable bonds is 3. The zero-order valence-corrected chi connectivity index (χ0v) is 8.49. The first-order chi connectivity index (χ1) is 7.22. The van der Waals surface area contributed by atoms with Crippen molar-refractivity contribution in [1.29, 1.82) is 0 Å². The number of carbonyl (C=O) groups is 1. The molecule has 0 bridgehead atoms. The van der Waals surface area contributed by atoms with Crippen LogP contribution in [0.15, 0.2) is 24.3 Å². The van der Waals surface area contributed by atoms with Crippen LogP contribution in [0.2, 0.25) is 0 Å². The van der Waals surface area contributed by atoms with Crippen LogP contribution in [0.25, 0.3) is 0 Å². The third kappa shape index (κ3) is 4.19. The lowest BCUT2D eigenvalue weighted by Gasteiger charge is -1.99. The number of ether oxygens (including phenoxy) is 1. The Morgan fingerprint density at radius 1 is 1.33 bits per heavy atom. The molecule has 0 amide bonds. The molecule has 0 atom stereocenters. The van der Waals surface area contributed by atoms with Gasteiger partial charge in [0, 0.05) is 6.42 Å². The van der Waals surface area contributed by atoms with Crippen LogP contribution in [-0.2, 0) is 11.2 Å². The van der Waals surface area contributed by atoms with Gasteiger partial charge in [0.25, 0.3) is 0 Å². The molecule has 0 heterocycles. The van der Waals surface area contributed by atoms with Gasteiger partial charge in [0.1, 0.15) is 12.2 Å². The van der Waals surface area contributed by atoms with E-state index in [1.165, 1.54) is 0 Å². The molecule has 15 heavy (non-hydrogen) atoms. The highest BCUT2D eigenvalue weighted by Gasteiger charge is 1.92. The molecule has 0 aromatic heterocycles. The van der Waals surface area contributed by atoms with E-state index < -0.39 is 5.97 Å². The van der Waals surface area contributed by atoms with Gasteiger partial charge in [0.15, 0.2) is 0 Å². The van der Waals surface area contributed by atoms with E-state index in [0.29, 0.717) is 6.42 Å². The minimum atomic E-state index is -0.891. The molecule has 78 valence electrons. The van der Waals surface area contributed by atoms with Crippen molar-refractivity contribution in [3.8, 4) is 17.6 Å². The van der Waals surface area contributed by atoms with Gasteiger partial charge in [-0.05, 0) is 17.7 Å². The third-order valence-electron chi connectivity index (χ3n) is 1.82. The van der Waals surface area contributed by atoms with Crippen LogP contribution >= 0.6 is 0 Å². The SMILES string of the molecule is COc1ccc(CC#CCC(=O)O)cc1. The van der Waals surface area contributed by atoms with Gasteiger partial charge in [-0.3, -0.25) is 4.79 Å². The molecule has 1 aromatic rings. The smallest absolute Gasteiger partial charge is 0.315 e. The van der Waals surface area contributed by atoms with Gasteiger partial charge in [-0.2, -0.15) is 0 Å². The molecule has 1 N–H and O–H groups in total. The molecule has 0 spiro atoms. The van der Waals surface area contributed by atoms with Crippen molar-refractivity contribution in [2.75, 3.05) is 7.11 Å². The third-order valence-corrected chi connectivity index (χ3v) is 1.82. The van der Waals surface area contributed by atoms with Crippen LogP contribution in [0.1, 0.15) is 12.0 Å². The monoisotopic (exact) mass is 204 g/mol. The van der Waals surface area contributed by atoms with E-state index in [9.17, 15) is 4.79 Å². The quantitative estimate of drug-likeness (QED) is 0.762. The second-order valence-electron chi connectivity index (χ2n) is 2.95. The van der Waals surface area contributed by atoms with Crippen LogP contribution in [0.4, 0.5) is 0 Å². The molecule has 0 saturated heterocycles. The summed E-state index contributed by atoms with van der Waals surface area (Å²) in [4.78, 5) is 10.2. The lowest BCUT2D eigenvalue weighted by molar-refractivity contribution is -0.135. The molecule has 0 aliphatic carbocycles. The maximum absolute atomic E-state index is 10.2. The number of methoxy groups -OCH3 is 1. The first-order valence-corrected chi connectivity index (χ1v) is 4.53. The van der Waals surface area contributed by atoms with Gasteiger partial charge in [0.2, 0.25) is 0 Å². The Morgan fingerprint density at radius 2 is 2.00 bits per heavy atom. The van der Waals surface area contributed by atoms with E-state index >= 15 is 0 Å². The topological polar surface area (TPSA) is 46.5 Å². The number of hydrogen-bond acceptors (Lipinski definition) is 2. The van der Waals surface area contributed by atoms with Gasteiger partial charge >= 0.3 is 5.97 Å². The first kappa shape index (κ1) is 11.1. The number of hydrogen-bond donors (Lipinski definition) is 1. The minimum Gasteiger partial charge on any atom is -0.497 e. The highest BCUT2D eigenvalue weighted by Crippen LogP contribution is 2.11. The van der Waals surface area contributed by atoms with E-state index in [-0.39, 0.29) is 6.42 Å². The number of carboxylic acids is 1. The Morgan fingerprint density at radius 3 is 2.53 bits per heavy atom. The summed E-state index contributed by atoms with van der Waals surface area (Å²) >= 11 is 0. The summed E-state index contributed by atoms with van der Waals surface area (Å²) in [6.07, 6.45) is 0.466. The van der Waals surface area contributed by atoms with Crippen molar-refractivity contribution in [3.63, 3.8) is 0 Å². The van der Waals surface area contributed by atoms with Gasteiger partial charge in [-0.1, -0.05) is 24.0 Å². The van der Waals surface area contributed by atoms with Crippen molar-refractivity contribution in [1.82, 2.24) is 0 Å². The number of aliphatic carboxylic acids is 1. The largest absolute Gasteiger partial charge is 0.497 e. The summed E-state index contributed by atoms with van der Waals surface area (Å²) in [5, 5.41) is 8.36. The van der Waals surface area contributed by atoms with Crippen LogP contribution in [0, 0.1) is 11.8 Å². The first-order valence-electron chi connectivity index (χ1n) is 4.53. The molecule has 3 heteroatoms. The van der Waals surface area contributed by atoms with Crippen molar-refractivity contribution < 1.29 is 14.6 Å².